The van der Waals surface area contributed by atoms with Crippen LogP contribution in [-0.2, 0) is 11.2 Å². The highest BCUT2D eigenvalue weighted by Gasteiger charge is 2.25. The lowest BCUT2D eigenvalue weighted by molar-refractivity contribution is -0.120. The van der Waals surface area contributed by atoms with Gasteiger partial charge in [-0.05, 0) is 73.4 Å². The average Bonchev–Trinajstić information content (AvgIpc) is 2.84. The van der Waals surface area contributed by atoms with Gasteiger partial charge in [-0.25, -0.2) is 0 Å². The second-order valence-corrected chi connectivity index (χ2v) is 9.10. The maximum atomic E-state index is 13.4. The third kappa shape index (κ3) is 4.17. The standard InChI is InChI=1S/C27H21Cl2NO4/c1-16-13-23-20(14-21(16)29)25(32)27(26(34-23)18-8-10-19(28)11-9-18)33-15-24(31)30-12-4-6-17-5-2-3-7-22(17)30/h2-3,5,7-11,13-14H,4,6,12,15H2,1H3. The zero-order chi connectivity index (χ0) is 23.8. The molecule has 1 aliphatic rings. The SMILES string of the molecule is Cc1cc2oc(-c3ccc(Cl)cc3)c(OCC(=O)N3CCCc4ccccc43)c(=O)c2cc1Cl. The van der Waals surface area contributed by atoms with Crippen LogP contribution >= 0.6 is 23.2 Å². The van der Waals surface area contributed by atoms with Crippen LogP contribution in [0.5, 0.6) is 5.75 Å². The summed E-state index contributed by atoms with van der Waals surface area (Å²) in [6, 6.07) is 18.0. The van der Waals surface area contributed by atoms with Gasteiger partial charge in [-0.1, -0.05) is 41.4 Å². The Morgan fingerprint density at radius 2 is 1.85 bits per heavy atom. The molecule has 0 unspecified atom stereocenters. The summed E-state index contributed by atoms with van der Waals surface area (Å²) < 4.78 is 12.0. The van der Waals surface area contributed by atoms with Crippen LogP contribution < -0.4 is 15.1 Å². The van der Waals surface area contributed by atoms with Crippen LogP contribution in [0.1, 0.15) is 17.5 Å². The van der Waals surface area contributed by atoms with Gasteiger partial charge in [-0.15, -0.1) is 0 Å². The molecule has 4 aromatic rings. The summed E-state index contributed by atoms with van der Waals surface area (Å²) >= 11 is 12.3. The molecule has 0 N–H and O–H groups in total. The molecule has 0 saturated heterocycles. The van der Waals surface area contributed by atoms with Crippen molar-refractivity contribution < 1.29 is 13.9 Å². The lowest BCUT2D eigenvalue weighted by Gasteiger charge is -2.29. The van der Waals surface area contributed by atoms with Crippen molar-refractivity contribution in [3.05, 3.63) is 92.1 Å². The Balaban J connectivity index is 1.54. The number of halogens is 2. The maximum absolute atomic E-state index is 13.4. The zero-order valence-corrected chi connectivity index (χ0v) is 19.9. The van der Waals surface area contributed by atoms with Gasteiger partial charge in [0.05, 0.1) is 5.39 Å². The third-order valence-corrected chi connectivity index (χ3v) is 6.65. The van der Waals surface area contributed by atoms with Crippen molar-refractivity contribution in [2.45, 2.75) is 19.8 Å². The first-order chi connectivity index (χ1) is 16.4. The molecule has 7 heteroatoms. The van der Waals surface area contributed by atoms with E-state index < -0.39 is 0 Å². The van der Waals surface area contributed by atoms with Crippen LogP contribution in [0.25, 0.3) is 22.3 Å². The first-order valence-corrected chi connectivity index (χ1v) is 11.7. The minimum Gasteiger partial charge on any atom is -0.476 e. The van der Waals surface area contributed by atoms with Crippen LogP contribution in [0, 0.1) is 6.92 Å². The number of amides is 1. The average molecular weight is 494 g/mol. The van der Waals surface area contributed by atoms with Crippen molar-refractivity contribution in [2.75, 3.05) is 18.1 Å². The van der Waals surface area contributed by atoms with Crippen LogP contribution in [0.15, 0.2) is 69.9 Å². The molecule has 2 heterocycles. The van der Waals surface area contributed by atoms with E-state index in [-0.39, 0.29) is 29.5 Å². The Bertz CT molecular complexity index is 1460. The van der Waals surface area contributed by atoms with Crippen molar-refractivity contribution in [3.8, 4) is 17.1 Å². The lowest BCUT2D eigenvalue weighted by Crippen LogP contribution is -2.39. The Hall–Kier alpha value is -3.28. The van der Waals surface area contributed by atoms with E-state index in [1.165, 1.54) is 0 Å². The number of rotatable bonds is 4. The molecule has 0 aliphatic carbocycles. The van der Waals surface area contributed by atoms with Gasteiger partial charge in [0.15, 0.2) is 12.4 Å². The molecule has 1 aliphatic heterocycles. The van der Waals surface area contributed by atoms with Gasteiger partial charge in [-0.3, -0.25) is 9.59 Å². The molecule has 0 saturated carbocycles. The number of hydrogen-bond acceptors (Lipinski definition) is 4. The Morgan fingerprint density at radius 3 is 2.65 bits per heavy atom. The topological polar surface area (TPSA) is 59.8 Å². The van der Waals surface area contributed by atoms with Crippen molar-refractivity contribution >= 4 is 45.8 Å². The molecule has 1 aromatic heterocycles. The number of benzene rings is 3. The monoisotopic (exact) mass is 493 g/mol. The lowest BCUT2D eigenvalue weighted by atomic mass is 10.0. The molecule has 0 bridgehead atoms. The summed E-state index contributed by atoms with van der Waals surface area (Å²) in [7, 11) is 0. The number of fused-ring (bicyclic) bond motifs is 2. The Kier molecular flexibility index (Phi) is 6.07. The highest BCUT2D eigenvalue weighted by molar-refractivity contribution is 6.32. The minimum absolute atomic E-state index is 0.0339. The Labute approximate surface area is 206 Å². The summed E-state index contributed by atoms with van der Waals surface area (Å²) in [6.07, 6.45) is 1.80. The molecular formula is C27H21Cl2NO4. The van der Waals surface area contributed by atoms with Gasteiger partial charge >= 0.3 is 0 Å². The van der Waals surface area contributed by atoms with Crippen molar-refractivity contribution in [1.29, 1.82) is 0 Å². The van der Waals surface area contributed by atoms with Crippen molar-refractivity contribution in [1.82, 2.24) is 0 Å². The van der Waals surface area contributed by atoms with Crippen LogP contribution in [0.3, 0.4) is 0 Å². The molecule has 0 spiro atoms. The second kappa shape index (κ2) is 9.16. The first-order valence-electron chi connectivity index (χ1n) is 11.0. The predicted octanol–water partition coefficient (Wildman–Crippen LogP) is 6.43. The summed E-state index contributed by atoms with van der Waals surface area (Å²) in [6.45, 7) is 2.14. The summed E-state index contributed by atoms with van der Waals surface area (Å²) in [4.78, 5) is 28.3. The van der Waals surface area contributed by atoms with E-state index in [1.54, 1.807) is 41.3 Å². The fraction of sp³-hybridized carbons (Fsp3) is 0.185. The molecule has 5 rings (SSSR count). The fourth-order valence-corrected chi connectivity index (χ4v) is 4.52. The molecule has 0 fully saturated rings. The molecule has 172 valence electrons. The third-order valence-electron chi connectivity index (χ3n) is 5.99. The second-order valence-electron chi connectivity index (χ2n) is 8.26. The maximum Gasteiger partial charge on any atom is 0.264 e. The van der Waals surface area contributed by atoms with E-state index >= 15 is 0 Å². The predicted molar refractivity (Wildman–Crippen MR) is 135 cm³/mol. The Morgan fingerprint density at radius 1 is 1.09 bits per heavy atom. The number of hydrogen-bond donors (Lipinski definition) is 0. The van der Waals surface area contributed by atoms with Gasteiger partial charge in [0.2, 0.25) is 11.2 Å². The number of carbonyl (C=O) groups is 1. The highest BCUT2D eigenvalue weighted by Crippen LogP contribution is 2.34. The minimum atomic E-state index is -0.389. The van der Waals surface area contributed by atoms with E-state index in [4.69, 9.17) is 32.4 Å². The zero-order valence-electron chi connectivity index (χ0n) is 18.4. The van der Waals surface area contributed by atoms with Crippen LogP contribution in [-0.4, -0.2) is 19.1 Å². The van der Waals surface area contributed by atoms with E-state index in [1.807, 2.05) is 31.2 Å². The van der Waals surface area contributed by atoms with E-state index in [2.05, 4.69) is 0 Å². The number of nitrogens with zero attached hydrogens (tertiary/aromatic N) is 1. The van der Waals surface area contributed by atoms with Crippen LogP contribution in [0.2, 0.25) is 10.0 Å². The largest absolute Gasteiger partial charge is 0.476 e. The van der Waals surface area contributed by atoms with Crippen LogP contribution in [0.4, 0.5) is 5.69 Å². The molecule has 34 heavy (non-hydrogen) atoms. The smallest absolute Gasteiger partial charge is 0.264 e. The fourth-order valence-electron chi connectivity index (χ4n) is 4.23. The van der Waals surface area contributed by atoms with Crippen molar-refractivity contribution in [2.24, 2.45) is 0 Å². The first kappa shape index (κ1) is 22.5. The van der Waals surface area contributed by atoms with E-state index in [0.29, 0.717) is 33.1 Å². The van der Waals surface area contributed by atoms with E-state index in [0.717, 1.165) is 29.7 Å². The number of para-hydroxylation sites is 1. The summed E-state index contributed by atoms with van der Waals surface area (Å²) in [5.74, 6) is -0.0215. The summed E-state index contributed by atoms with van der Waals surface area (Å²) in [5, 5.41) is 1.29. The normalized spacial score (nSPS) is 13.1. The number of aryl methyl sites for hydroxylation is 2. The van der Waals surface area contributed by atoms with Gasteiger partial charge in [0.1, 0.15) is 5.58 Å². The number of carbonyl (C=O) groups excluding carboxylic acids is 1. The molecule has 0 atom stereocenters. The molecule has 3 aromatic carbocycles. The highest BCUT2D eigenvalue weighted by atomic mass is 35.5. The molecule has 5 nitrogen and oxygen atoms in total. The molecule has 1 amide bonds. The molecule has 0 radical (unpaired) electrons. The number of ether oxygens (including phenoxy) is 1. The quantitative estimate of drug-likeness (QED) is 0.328. The number of anilines is 1. The van der Waals surface area contributed by atoms with Crippen molar-refractivity contribution in [3.63, 3.8) is 0 Å². The van der Waals surface area contributed by atoms with Gasteiger partial charge in [0, 0.05) is 27.8 Å². The summed E-state index contributed by atoms with van der Waals surface area (Å²) in [5.41, 5.74) is 3.40. The van der Waals surface area contributed by atoms with Gasteiger partial charge in [-0.2, -0.15) is 0 Å². The molecular weight excluding hydrogens is 473 g/mol. The van der Waals surface area contributed by atoms with E-state index in [9.17, 15) is 9.59 Å². The van der Waals surface area contributed by atoms with Gasteiger partial charge < -0.3 is 14.1 Å². The van der Waals surface area contributed by atoms with Gasteiger partial charge in [0.25, 0.3) is 5.91 Å².